The second-order valence-electron chi connectivity index (χ2n) is 6.66. The van der Waals surface area contributed by atoms with E-state index in [1.165, 1.54) is 38.5 Å². The summed E-state index contributed by atoms with van der Waals surface area (Å²) in [5.41, 5.74) is 0. The number of aliphatic imine (C=N–C) groups is 1. The van der Waals surface area contributed by atoms with E-state index in [9.17, 15) is 0 Å². The molecule has 112 valence electrons. The van der Waals surface area contributed by atoms with E-state index in [4.69, 9.17) is 0 Å². The average Bonchev–Trinajstić information content (AvgIpc) is 3.04. The molecule has 0 aliphatic heterocycles. The molecule has 0 heterocycles. The standard InChI is InChI=1S/C17H29N3/c1-2-18-17(19-14-10-6-7-11-14)20-16-12-15(16)13-8-4-3-5-9-13/h6-7,13-16H,2-5,8-12H2,1H3,(H2,18,19,20). The summed E-state index contributed by atoms with van der Waals surface area (Å²) in [7, 11) is 0. The minimum absolute atomic E-state index is 0.555. The summed E-state index contributed by atoms with van der Waals surface area (Å²) in [4.78, 5) is 4.61. The van der Waals surface area contributed by atoms with Crippen LogP contribution in [0.1, 0.15) is 58.3 Å². The maximum absolute atomic E-state index is 4.61. The van der Waals surface area contributed by atoms with Crippen LogP contribution in [-0.2, 0) is 0 Å². The van der Waals surface area contributed by atoms with Gasteiger partial charge in [-0.2, -0.15) is 0 Å². The Labute approximate surface area is 123 Å². The minimum Gasteiger partial charge on any atom is -0.353 e. The van der Waals surface area contributed by atoms with Gasteiger partial charge in [0.15, 0.2) is 5.96 Å². The predicted octanol–water partition coefficient (Wildman–Crippen LogP) is 3.23. The van der Waals surface area contributed by atoms with Gasteiger partial charge in [0.2, 0.25) is 0 Å². The summed E-state index contributed by atoms with van der Waals surface area (Å²) in [6, 6.07) is 1.24. The number of rotatable bonds is 4. The van der Waals surface area contributed by atoms with Gasteiger partial charge in [0.25, 0.3) is 0 Å². The van der Waals surface area contributed by atoms with Crippen LogP contribution in [0.3, 0.4) is 0 Å². The van der Waals surface area contributed by atoms with Crippen LogP contribution in [0, 0.1) is 11.8 Å². The van der Waals surface area contributed by atoms with Gasteiger partial charge in [-0.05, 0) is 38.0 Å². The van der Waals surface area contributed by atoms with Crippen LogP contribution in [0.2, 0.25) is 0 Å². The lowest BCUT2D eigenvalue weighted by atomic mass is 9.85. The van der Waals surface area contributed by atoms with Crippen molar-refractivity contribution in [1.29, 1.82) is 0 Å². The van der Waals surface area contributed by atoms with E-state index in [1.54, 1.807) is 0 Å². The van der Waals surface area contributed by atoms with Crippen LogP contribution in [0.25, 0.3) is 0 Å². The Balaban J connectivity index is 1.46. The third kappa shape index (κ3) is 3.56. The van der Waals surface area contributed by atoms with Crippen molar-refractivity contribution in [1.82, 2.24) is 10.6 Å². The maximum Gasteiger partial charge on any atom is 0.191 e. The number of hydrogen-bond donors (Lipinski definition) is 2. The van der Waals surface area contributed by atoms with Crippen molar-refractivity contribution in [2.24, 2.45) is 16.8 Å². The largest absolute Gasteiger partial charge is 0.353 e. The van der Waals surface area contributed by atoms with Crippen molar-refractivity contribution >= 4 is 5.96 Å². The molecule has 20 heavy (non-hydrogen) atoms. The second-order valence-corrected chi connectivity index (χ2v) is 6.66. The van der Waals surface area contributed by atoms with Crippen molar-refractivity contribution in [2.45, 2.75) is 70.4 Å². The van der Waals surface area contributed by atoms with E-state index in [1.807, 2.05) is 0 Å². The van der Waals surface area contributed by atoms with Gasteiger partial charge in [0.05, 0.1) is 0 Å². The molecule has 3 heteroatoms. The van der Waals surface area contributed by atoms with Crippen LogP contribution in [0.4, 0.5) is 0 Å². The first-order chi connectivity index (χ1) is 9.86. The molecule has 2 fully saturated rings. The molecule has 3 nitrogen and oxygen atoms in total. The SMILES string of the molecule is CCN=C(NC1CC=CC1)NC1CC1C1CCCCC1. The molecule has 3 rings (SSSR count). The quantitative estimate of drug-likeness (QED) is 0.469. The topological polar surface area (TPSA) is 36.4 Å². The zero-order valence-corrected chi connectivity index (χ0v) is 12.8. The summed E-state index contributed by atoms with van der Waals surface area (Å²) in [5, 5.41) is 7.27. The Hall–Kier alpha value is -0.990. The monoisotopic (exact) mass is 275 g/mol. The van der Waals surface area contributed by atoms with Crippen molar-refractivity contribution in [3.05, 3.63) is 12.2 Å². The van der Waals surface area contributed by atoms with Crippen LogP contribution < -0.4 is 10.6 Å². The van der Waals surface area contributed by atoms with E-state index in [0.717, 1.165) is 37.2 Å². The highest BCUT2D eigenvalue weighted by atomic mass is 15.2. The van der Waals surface area contributed by atoms with Crippen LogP contribution in [-0.4, -0.2) is 24.6 Å². The van der Waals surface area contributed by atoms with E-state index in [2.05, 4.69) is 34.7 Å². The molecule has 2 unspecified atom stereocenters. The molecule has 0 bridgehead atoms. The predicted molar refractivity (Wildman–Crippen MR) is 84.9 cm³/mol. The fraction of sp³-hybridized carbons (Fsp3) is 0.824. The van der Waals surface area contributed by atoms with Gasteiger partial charge in [-0.1, -0.05) is 44.3 Å². The molecule has 0 amide bonds. The number of hydrogen-bond acceptors (Lipinski definition) is 1. The normalized spacial score (nSPS) is 31.6. The summed E-state index contributed by atoms with van der Waals surface area (Å²) < 4.78 is 0. The molecular weight excluding hydrogens is 246 g/mol. The average molecular weight is 275 g/mol. The highest BCUT2D eigenvalue weighted by Crippen LogP contribution is 2.44. The summed E-state index contributed by atoms with van der Waals surface area (Å²) >= 11 is 0. The smallest absolute Gasteiger partial charge is 0.191 e. The van der Waals surface area contributed by atoms with Gasteiger partial charge in [0, 0.05) is 18.6 Å². The van der Waals surface area contributed by atoms with Crippen LogP contribution >= 0.6 is 0 Å². The molecule has 2 atom stereocenters. The molecule has 0 saturated heterocycles. The van der Waals surface area contributed by atoms with Gasteiger partial charge in [-0.15, -0.1) is 0 Å². The first-order valence-corrected chi connectivity index (χ1v) is 8.59. The number of nitrogens with zero attached hydrogens (tertiary/aromatic N) is 1. The Morgan fingerprint density at radius 3 is 2.55 bits per heavy atom. The molecule has 2 N–H and O–H groups in total. The van der Waals surface area contributed by atoms with E-state index in [-0.39, 0.29) is 0 Å². The lowest BCUT2D eigenvalue weighted by Crippen LogP contribution is -2.44. The number of nitrogens with one attached hydrogen (secondary N) is 2. The molecule has 0 aromatic heterocycles. The van der Waals surface area contributed by atoms with Crippen LogP contribution in [0.5, 0.6) is 0 Å². The maximum atomic E-state index is 4.61. The molecule has 3 aliphatic rings. The van der Waals surface area contributed by atoms with E-state index < -0.39 is 0 Å². The lowest BCUT2D eigenvalue weighted by molar-refractivity contribution is 0.315. The highest BCUT2D eigenvalue weighted by molar-refractivity contribution is 5.80. The zero-order valence-electron chi connectivity index (χ0n) is 12.8. The van der Waals surface area contributed by atoms with Gasteiger partial charge in [0.1, 0.15) is 0 Å². The van der Waals surface area contributed by atoms with E-state index in [0.29, 0.717) is 12.1 Å². The van der Waals surface area contributed by atoms with E-state index >= 15 is 0 Å². The first kappa shape index (κ1) is 14.0. The van der Waals surface area contributed by atoms with Crippen molar-refractivity contribution in [3.8, 4) is 0 Å². The van der Waals surface area contributed by atoms with Crippen molar-refractivity contribution in [3.63, 3.8) is 0 Å². The first-order valence-electron chi connectivity index (χ1n) is 8.59. The van der Waals surface area contributed by atoms with Crippen molar-refractivity contribution < 1.29 is 0 Å². The van der Waals surface area contributed by atoms with Gasteiger partial charge < -0.3 is 10.6 Å². The fourth-order valence-corrected chi connectivity index (χ4v) is 3.86. The summed E-state index contributed by atoms with van der Waals surface area (Å²) in [5.74, 6) is 2.95. The molecule has 0 aromatic carbocycles. The van der Waals surface area contributed by atoms with Crippen molar-refractivity contribution in [2.75, 3.05) is 6.54 Å². The summed E-state index contributed by atoms with van der Waals surface area (Å²) in [6.07, 6.45) is 15.5. The Morgan fingerprint density at radius 2 is 1.85 bits per heavy atom. The van der Waals surface area contributed by atoms with Crippen LogP contribution in [0.15, 0.2) is 17.1 Å². The summed E-state index contributed by atoms with van der Waals surface area (Å²) in [6.45, 7) is 2.97. The lowest BCUT2D eigenvalue weighted by Gasteiger charge is -2.22. The van der Waals surface area contributed by atoms with Gasteiger partial charge in [-0.25, -0.2) is 0 Å². The second kappa shape index (κ2) is 6.64. The Bertz CT molecular complexity index is 360. The zero-order chi connectivity index (χ0) is 13.8. The molecule has 0 aromatic rings. The molecule has 3 aliphatic carbocycles. The van der Waals surface area contributed by atoms with Gasteiger partial charge in [-0.3, -0.25) is 4.99 Å². The molecule has 0 radical (unpaired) electrons. The Kier molecular flexibility index (Phi) is 4.64. The molecule has 0 spiro atoms. The highest BCUT2D eigenvalue weighted by Gasteiger charge is 2.43. The fourth-order valence-electron chi connectivity index (χ4n) is 3.86. The Morgan fingerprint density at radius 1 is 1.10 bits per heavy atom. The molecule has 2 saturated carbocycles. The third-order valence-corrected chi connectivity index (χ3v) is 5.08. The number of guanidine groups is 1. The minimum atomic E-state index is 0.555. The third-order valence-electron chi connectivity index (χ3n) is 5.08. The van der Waals surface area contributed by atoms with Gasteiger partial charge >= 0.3 is 0 Å². The molecular formula is C17H29N3.